The van der Waals surface area contributed by atoms with Gasteiger partial charge < -0.3 is 4.98 Å². The summed E-state index contributed by atoms with van der Waals surface area (Å²) in [6, 6.07) is 18.2. The molecule has 0 bridgehead atoms. The number of nitrogens with one attached hydrogen (secondary N) is 1. The molecule has 0 aliphatic carbocycles. The number of fused-ring (bicyclic) bond motifs is 1. The number of carbonyl (C=O) groups excluding carboxylic acids is 1. The van der Waals surface area contributed by atoms with Crippen LogP contribution in [0.4, 0.5) is 0 Å². The van der Waals surface area contributed by atoms with Crippen molar-refractivity contribution in [3.8, 4) is 0 Å². The molecule has 1 unspecified atom stereocenters. The molecule has 1 amide bonds. The molecule has 0 spiro atoms. The van der Waals surface area contributed by atoms with E-state index in [0.29, 0.717) is 0 Å². The first-order valence-corrected chi connectivity index (χ1v) is 7.73. The maximum absolute atomic E-state index is 12.0. The molecule has 1 aliphatic heterocycles. The smallest absolute Gasteiger partial charge is 0.240 e. The molecule has 2 heterocycles. The number of aromatic nitrogens is 1. The molecule has 1 N–H and O–H groups in total. The lowest BCUT2D eigenvalue weighted by Gasteiger charge is -2.20. The van der Waals surface area contributed by atoms with Crippen molar-refractivity contribution >= 4 is 22.5 Å². The molecule has 1 aromatic heterocycles. The summed E-state index contributed by atoms with van der Waals surface area (Å²) in [5.74, 6) is -0.0336. The number of hydrazone groups is 1. The lowest BCUT2D eigenvalue weighted by Crippen LogP contribution is -2.24. The van der Waals surface area contributed by atoms with Crippen LogP contribution in [0.1, 0.15) is 30.5 Å². The first-order valence-electron chi connectivity index (χ1n) is 7.73. The van der Waals surface area contributed by atoms with Gasteiger partial charge in [0.2, 0.25) is 5.91 Å². The highest BCUT2D eigenvalue weighted by atomic mass is 16.2. The summed E-state index contributed by atoms with van der Waals surface area (Å²) in [5, 5.41) is 7.36. The molecular weight excluding hydrogens is 286 g/mol. The lowest BCUT2D eigenvalue weighted by molar-refractivity contribution is -0.130. The average molecular weight is 303 g/mol. The third-order valence-electron chi connectivity index (χ3n) is 4.32. The molecule has 23 heavy (non-hydrogen) atoms. The summed E-state index contributed by atoms with van der Waals surface area (Å²) in [5.41, 5.74) is 4.22. The molecule has 0 saturated heterocycles. The number of hydrogen-bond donors (Lipinski definition) is 1. The highest BCUT2D eigenvalue weighted by Crippen LogP contribution is 2.34. The number of H-pyrrole nitrogens is 1. The standard InChI is InChI=1S/C19H17N3O/c1-13(23)22-19(14-7-3-2-4-8-14)11-18(21-22)16-12-20-17-10-6-5-9-15(16)17/h2-10,12,19-20H,11H2,1H3. The van der Waals surface area contributed by atoms with Crippen LogP contribution in [0.25, 0.3) is 10.9 Å². The van der Waals surface area contributed by atoms with E-state index >= 15 is 0 Å². The number of benzene rings is 2. The van der Waals surface area contributed by atoms with Crippen molar-refractivity contribution < 1.29 is 4.79 Å². The second-order valence-electron chi connectivity index (χ2n) is 5.79. The maximum atomic E-state index is 12.0. The fourth-order valence-electron chi connectivity index (χ4n) is 3.21. The second-order valence-corrected chi connectivity index (χ2v) is 5.79. The van der Waals surface area contributed by atoms with Crippen LogP contribution in [0.2, 0.25) is 0 Å². The van der Waals surface area contributed by atoms with Crippen molar-refractivity contribution in [1.29, 1.82) is 0 Å². The van der Waals surface area contributed by atoms with E-state index in [0.717, 1.165) is 34.2 Å². The quantitative estimate of drug-likeness (QED) is 0.767. The Bertz CT molecular complexity index is 895. The molecule has 4 heteroatoms. The minimum atomic E-state index is -0.0336. The molecule has 3 aromatic rings. The summed E-state index contributed by atoms with van der Waals surface area (Å²) < 4.78 is 0. The normalized spacial score (nSPS) is 17.5. The number of rotatable bonds is 2. The molecule has 1 aliphatic rings. The molecule has 0 radical (unpaired) electrons. The van der Waals surface area contributed by atoms with Gasteiger partial charge in [0.05, 0.1) is 11.8 Å². The minimum absolute atomic E-state index is 0.0302. The van der Waals surface area contributed by atoms with E-state index in [2.05, 4.69) is 16.2 Å². The van der Waals surface area contributed by atoms with Gasteiger partial charge >= 0.3 is 0 Å². The Kier molecular flexibility index (Phi) is 3.23. The van der Waals surface area contributed by atoms with Gasteiger partial charge in [-0.05, 0) is 11.6 Å². The molecule has 0 fully saturated rings. The summed E-state index contributed by atoms with van der Waals surface area (Å²) in [4.78, 5) is 15.3. The van der Waals surface area contributed by atoms with Gasteiger partial charge in [0.25, 0.3) is 0 Å². The van der Waals surface area contributed by atoms with Crippen molar-refractivity contribution in [1.82, 2.24) is 9.99 Å². The van der Waals surface area contributed by atoms with Crippen LogP contribution in [0.15, 0.2) is 65.9 Å². The Hall–Kier alpha value is -2.88. The molecule has 1 atom stereocenters. The van der Waals surface area contributed by atoms with E-state index in [1.807, 2.05) is 54.7 Å². The summed E-state index contributed by atoms with van der Waals surface area (Å²) >= 11 is 0. The van der Waals surface area contributed by atoms with Crippen molar-refractivity contribution in [2.24, 2.45) is 5.10 Å². The number of nitrogens with zero attached hydrogens (tertiary/aromatic N) is 2. The first kappa shape index (κ1) is 13.8. The topological polar surface area (TPSA) is 48.5 Å². The zero-order valence-corrected chi connectivity index (χ0v) is 12.9. The highest BCUT2D eigenvalue weighted by Gasteiger charge is 2.31. The van der Waals surface area contributed by atoms with Crippen LogP contribution < -0.4 is 0 Å². The van der Waals surface area contributed by atoms with E-state index in [-0.39, 0.29) is 11.9 Å². The zero-order valence-electron chi connectivity index (χ0n) is 12.9. The molecule has 0 saturated carbocycles. The second kappa shape index (κ2) is 5.39. The van der Waals surface area contributed by atoms with Gasteiger partial charge in [-0.1, -0.05) is 48.5 Å². The molecule has 4 rings (SSSR count). The van der Waals surface area contributed by atoms with Crippen LogP contribution in [0.5, 0.6) is 0 Å². The minimum Gasteiger partial charge on any atom is -0.360 e. The zero-order chi connectivity index (χ0) is 15.8. The fourth-order valence-corrected chi connectivity index (χ4v) is 3.21. The van der Waals surface area contributed by atoms with Gasteiger partial charge in [-0.25, -0.2) is 5.01 Å². The lowest BCUT2D eigenvalue weighted by atomic mass is 9.98. The molecule has 114 valence electrons. The summed E-state index contributed by atoms with van der Waals surface area (Å²) in [7, 11) is 0. The number of para-hydroxylation sites is 1. The molecule has 2 aromatic carbocycles. The third kappa shape index (κ3) is 2.32. The fraction of sp³-hybridized carbons (Fsp3) is 0.158. The number of aromatic amines is 1. The van der Waals surface area contributed by atoms with E-state index in [4.69, 9.17) is 0 Å². The van der Waals surface area contributed by atoms with E-state index in [9.17, 15) is 4.79 Å². The van der Waals surface area contributed by atoms with Crippen molar-refractivity contribution in [2.45, 2.75) is 19.4 Å². The van der Waals surface area contributed by atoms with E-state index < -0.39 is 0 Å². The van der Waals surface area contributed by atoms with Gasteiger partial charge in [-0.3, -0.25) is 4.79 Å². The van der Waals surface area contributed by atoms with Gasteiger partial charge in [-0.15, -0.1) is 0 Å². The Balaban J connectivity index is 1.76. The van der Waals surface area contributed by atoms with Crippen LogP contribution in [0, 0.1) is 0 Å². The summed E-state index contributed by atoms with van der Waals surface area (Å²) in [6.45, 7) is 1.57. The Morgan fingerprint density at radius 2 is 1.87 bits per heavy atom. The highest BCUT2D eigenvalue weighted by molar-refractivity contribution is 6.12. The van der Waals surface area contributed by atoms with E-state index in [1.165, 1.54) is 0 Å². The SMILES string of the molecule is CC(=O)N1N=C(c2c[nH]c3ccccc23)CC1c1ccccc1. The average Bonchev–Trinajstić information content (AvgIpc) is 3.19. The van der Waals surface area contributed by atoms with E-state index in [1.54, 1.807) is 11.9 Å². The van der Waals surface area contributed by atoms with Gasteiger partial charge in [0.1, 0.15) is 0 Å². The van der Waals surface area contributed by atoms with Gasteiger partial charge in [-0.2, -0.15) is 5.10 Å². The van der Waals surface area contributed by atoms with Crippen molar-refractivity contribution in [2.75, 3.05) is 0 Å². The molecule has 4 nitrogen and oxygen atoms in total. The van der Waals surface area contributed by atoms with Crippen LogP contribution in [-0.2, 0) is 4.79 Å². The van der Waals surface area contributed by atoms with Crippen molar-refractivity contribution in [3.05, 3.63) is 71.9 Å². The van der Waals surface area contributed by atoms with Crippen LogP contribution in [0.3, 0.4) is 0 Å². The Morgan fingerprint density at radius 1 is 1.13 bits per heavy atom. The van der Waals surface area contributed by atoms with Gasteiger partial charge in [0, 0.05) is 36.0 Å². The number of hydrogen-bond acceptors (Lipinski definition) is 2. The predicted molar refractivity (Wildman–Crippen MR) is 91.2 cm³/mol. The monoisotopic (exact) mass is 303 g/mol. The number of carbonyl (C=O) groups is 1. The predicted octanol–water partition coefficient (Wildman–Crippen LogP) is 3.87. The van der Waals surface area contributed by atoms with Crippen LogP contribution >= 0.6 is 0 Å². The Labute approximate surface area is 134 Å². The number of amides is 1. The Morgan fingerprint density at radius 3 is 2.65 bits per heavy atom. The van der Waals surface area contributed by atoms with Gasteiger partial charge in [0.15, 0.2) is 0 Å². The van der Waals surface area contributed by atoms with Crippen molar-refractivity contribution in [3.63, 3.8) is 0 Å². The van der Waals surface area contributed by atoms with Crippen LogP contribution in [-0.4, -0.2) is 21.6 Å². The maximum Gasteiger partial charge on any atom is 0.240 e. The largest absolute Gasteiger partial charge is 0.360 e. The molecular formula is C19H17N3O. The summed E-state index contributed by atoms with van der Waals surface area (Å²) in [6.07, 6.45) is 2.71. The third-order valence-corrected chi connectivity index (χ3v) is 4.32. The first-order chi connectivity index (χ1) is 11.2.